The third-order valence-corrected chi connectivity index (χ3v) is 6.51. The molecule has 39 heavy (non-hydrogen) atoms. The van der Waals surface area contributed by atoms with Crippen molar-refractivity contribution in [1.82, 2.24) is 10.2 Å². The number of nitrogens with zero attached hydrogens (tertiary/aromatic N) is 1. The van der Waals surface area contributed by atoms with E-state index in [2.05, 4.69) is 10.6 Å². The van der Waals surface area contributed by atoms with Crippen molar-refractivity contribution in [2.24, 2.45) is 5.92 Å². The maximum Gasteiger partial charge on any atom is 0.253 e. The van der Waals surface area contributed by atoms with Crippen LogP contribution < -0.4 is 10.6 Å². The maximum atomic E-state index is 13.4. The fourth-order valence-electron chi connectivity index (χ4n) is 4.45. The first-order chi connectivity index (χ1) is 18.8. The van der Waals surface area contributed by atoms with E-state index in [1.165, 1.54) is 0 Å². The molecule has 1 radical (unpaired) electrons. The number of carbonyl (C=O) groups is 3. The third-order valence-electron chi connectivity index (χ3n) is 6.51. The Morgan fingerprint density at radius 2 is 1.49 bits per heavy atom. The molecule has 205 valence electrons. The van der Waals surface area contributed by atoms with Gasteiger partial charge in [-0.3, -0.25) is 14.4 Å². The van der Waals surface area contributed by atoms with E-state index >= 15 is 0 Å². The Hall–Kier alpha value is -3.93. The largest absolute Gasteiger partial charge is 0.349 e. The second kappa shape index (κ2) is 14.9. The normalized spacial score (nSPS) is 12.3. The summed E-state index contributed by atoms with van der Waals surface area (Å²) in [5.41, 5.74) is 3.81. The van der Waals surface area contributed by atoms with Gasteiger partial charge < -0.3 is 15.5 Å². The standard InChI is InChI=1S/C33H40N3O3/c1-5-19-36(20-6-2)33(39)28-14-10-13-27(23-28)32(38)35-30(22-26-11-8-7-9-12-26)21-25(4)31(37)34-29-17-15-24(3)16-18-29/h7-18,21,23,25,30H,5-6,19-20,22H2,1-4H3,(H,34,37)(H,35,38)/t25?,30-/m1/s1. The number of rotatable bonds is 13. The number of hydrogen-bond acceptors (Lipinski definition) is 3. The Labute approximate surface area is 232 Å². The number of carbonyl (C=O) groups excluding carboxylic acids is 3. The Balaban J connectivity index is 1.74. The van der Waals surface area contributed by atoms with Gasteiger partial charge in [-0.1, -0.05) is 74.9 Å². The molecule has 0 saturated heterocycles. The molecular formula is C33H40N3O3. The van der Waals surface area contributed by atoms with Gasteiger partial charge in [0, 0.05) is 41.9 Å². The van der Waals surface area contributed by atoms with Gasteiger partial charge >= 0.3 is 0 Å². The van der Waals surface area contributed by atoms with Crippen LogP contribution in [0.15, 0.2) is 78.9 Å². The van der Waals surface area contributed by atoms with Crippen LogP contribution in [-0.2, 0) is 11.2 Å². The Morgan fingerprint density at radius 3 is 2.13 bits per heavy atom. The predicted octanol–water partition coefficient (Wildman–Crippen LogP) is 6.08. The summed E-state index contributed by atoms with van der Waals surface area (Å²) in [7, 11) is 0. The lowest BCUT2D eigenvalue weighted by atomic mass is 9.95. The minimum atomic E-state index is -0.454. The summed E-state index contributed by atoms with van der Waals surface area (Å²) in [5.74, 6) is -0.955. The summed E-state index contributed by atoms with van der Waals surface area (Å²) in [5, 5.41) is 6.03. The van der Waals surface area contributed by atoms with Gasteiger partial charge in [0.05, 0.1) is 0 Å². The molecule has 0 saturated carbocycles. The highest BCUT2D eigenvalue weighted by molar-refractivity contribution is 6.00. The molecule has 0 fully saturated rings. The lowest BCUT2D eigenvalue weighted by Crippen LogP contribution is -2.40. The highest BCUT2D eigenvalue weighted by Gasteiger charge is 2.23. The first-order valence-corrected chi connectivity index (χ1v) is 13.8. The Kier molecular flexibility index (Phi) is 11.3. The molecule has 0 aliphatic carbocycles. The quantitative estimate of drug-likeness (QED) is 0.283. The highest BCUT2D eigenvalue weighted by atomic mass is 16.2. The van der Waals surface area contributed by atoms with Crippen LogP contribution in [0.2, 0.25) is 0 Å². The number of amides is 3. The zero-order valence-corrected chi connectivity index (χ0v) is 23.4. The number of aryl methyl sites for hydroxylation is 1. The summed E-state index contributed by atoms with van der Waals surface area (Å²) in [6, 6.07) is 24.0. The van der Waals surface area contributed by atoms with Crippen LogP contribution in [0.5, 0.6) is 0 Å². The van der Waals surface area contributed by atoms with E-state index in [-0.39, 0.29) is 17.7 Å². The predicted molar refractivity (Wildman–Crippen MR) is 158 cm³/mol. The summed E-state index contributed by atoms with van der Waals surface area (Å²) in [6.07, 6.45) is 4.15. The van der Waals surface area contributed by atoms with E-state index in [1.807, 2.05) is 93.6 Å². The zero-order chi connectivity index (χ0) is 28.2. The summed E-state index contributed by atoms with van der Waals surface area (Å²) in [6.45, 7) is 9.27. The number of nitrogens with one attached hydrogen (secondary N) is 2. The Morgan fingerprint density at radius 1 is 0.846 bits per heavy atom. The van der Waals surface area contributed by atoms with Gasteiger partial charge in [0.1, 0.15) is 0 Å². The van der Waals surface area contributed by atoms with Crippen LogP contribution >= 0.6 is 0 Å². The molecular weight excluding hydrogens is 486 g/mol. The molecule has 3 aromatic rings. The molecule has 3 aromatic carbocycles. The minimum absolute atomic E-state index is 0.0675. The minimum Gasteiger partial charge on any atom is -0.349 e. The van der Waals surface area contributed by atoms with Crippen molar-refractivity contribution in [2.75, 3.05) is 18.4 Å². The van der Waals surface area contributed by atoms with E-state index in [1.54, 1.807) is 24.3 Å². The molecule has 0 spiro atoms. The molecule has 0 aliphatic heterocycles. The van der Waals surface area contributed by atoms with Crippen LogP contribution in [0, 0.1) is 19.3 Å². The first-order valence-electron chi connectivity index (χ1n) is 13.8. The molecule has 0 aromatic heterocycles. The molecule has 2 N–H and O–H groups in total. The monoisotopic (exact) mass is 526 g/mol. The fourth-order valence-corrected chi connectivity index (χ4v) is 4.45. The second-order valence-electron chi connectivity index (χ2n) is 9.98. The third kappa shape index (κ3) is 9.10. The number of anilines is 1. The molecule has 3 amide bonds. The SMILES string of the molecule is CCCN(CCC)C(=O)c1cccc(C(=O)N[C@H]([CH]C(C)C(=O)Nc2ccc(C)cc2)Cc2ccccc2)c1. The number of hydrogen-bond donors (Lipinski definition) is 2. The van der Waals surface area contributed by atoms with Crippen molar-refractivity contribution >= 4 is 23.4 Å². The fraction of sp³-hybridized carbons (Fsp3) is 0.333. The molecule has 6 heteroatoms. The smallest absolute Gasteiger partial charge is 0.253 e. The van der Waals surface area contributed by atoms with E-state index in [0.717, 1.165) is 29.7 Å². The first kappa shape index (κ1) is 29.6. The second-order valence-corrected chi connectivity index (χ2v) is 9.98. The van der Waals surface area contributed by atoms with Gasteiger partial charge in [0.15, 0.2) is 0 Å². The summed E-state index contributed by atoms with van der Waals surface area (Å²) < 4.78 is 0. The zero-order valence-electron chi connectivity index (χ0n) is 23.4. The van der Waals surface area contributed by atoms with Crippen molar-refractivity contribution in [3.8, 4) is 0 Å². The lowest BCUT2D eigenvalue weighted by molar-refractivity contribution is -0.118. The average molecular weight is 527 g/mol. The maximum absolute atomic E-state index is 13.4. The summed E-state index contributed by atoms with van der Waals surface area (Å²) in [4.78, 5) is 41.2. The van der Waals surface area contributed by atoms with Crippen molar-refractivity contribution in [3.05, 3.63) is 108 Å². The molecule has 1 unspecified atom stereocenters. The van der Waals surface area contributed by atoms with Crippen LogP contribution in [0.25, 0.3) is 0 Å². The van der Waals surface area contributed by atoms with Gasteiger partial charge in [-0.25, -0.2) is 0 Å². The van der Waals surface area contributed by atoms with Crippen LogP contribution in [0.4, 0.5) is 5.69 Å². The van der Waals surface area contributed by atoms with Gasteiger partial charge in [0.25, 0.3) is 11.8 Å². The molecule has 3 rings (SSSR count). The van der Waals surface area contributed by atoms with E-state index in [4.69, 9.17) is 0 Å². The molecule has 0 bridgehead atoms. The molecule has 6 nitrogen and oxygen atoms in total. The van der Waals surface area contributed by atoms with Gasteiger partial charge in [-0.2, -0.15) is 0 Å². The average Bonchev–Trinajstić information content (AvgIpc) is 2.94. The van der Waals surface area contributed by atoms with Crippen molar-refractivity contribution in [2.45, 2.75) is 53.0 Å². The Bertz CT molecular complexity index is 1220. The van der Waals surface area contributed by atoms with Gasteiger partial charge in [0.2, 0.25) is 5.91 Å². The molecule has 0 heterocycles. The van der Waals surface area contributed by atoms with Crippen LogP contribution in [0.1, 0.15) is 65.5 Å². The van der Waals surface area contributed by atoms with E-state index in [9.17, 15) is 14.4 Å². The van der Waals surface area contributed by atoms with Gasteiger partial charge in [-0.05, 0) is 68.5 Å². The topological polar surface area (TPSA) is 78.5 Å². The van der Waals surface area contributed by atoms with E-state index in [0.29, 0.717) is 30.6 Å². The van der Waals surface area contributed by atoms with Crippen molar-refractivity contribution in [1.29, 1.82) is 0 Å². The van der Waals surface area contributed by atoms with Crippen molar-refractivity contribution in [3.63, 3.8) is 0 Å². The van der Waals surface area contributed by atoms with E-state index < -0.39 is 12.0 Å². The van der Waals surface area contributed by atoms with Crippen molar-refractivity contribution < 1.29 is 14.4 Å². The van der Waals surface area contributed by atoms with Crippen LogP contribution in [-0.4, -0.2) is 41.8 Å². The summed E-state index contributed by atoms with van der Waals surface area (Å²) >= 11 is 0. The molecule has 2 atom stereocenters. The molecule has 0 aliphatic rings. The highest BCUT2D eigenvalue weighted by Crippen LogP contribution is 2.16. The number of benzene rings is 3. The van der Waals surface area contributed by atoms with Gasteiger partial charge in [-0.15, -0.1) is 0 Å². The lowest BCUT2D eigenvalue weighted by Gasteiger charge is -2.23. The van der Waals surface area contributed by atoms with Crippen LogP contribution in [0.3, 0.4) is 0 Å².